The molecule has 0 radical (unpaired) electrons. The summed E-state index contributed by atoms with van der Waals surface area (Å²) in [5.74, 6) is 0. The van der Waals surface area contributed by atoms with Gasteiger partial charge in [0.15, 0.2) is 0 Å². The Labute approximate surface area is 96.3 Å². The zero-order valence-corrected chi connectivity index (χ0v) is 10.1. The minimum Gasteiger partial charge on any atom is -0.427 e. The predicted octanol–water partition coefficient (Wildman–Crippen LogP) is 2.40. The molecule has 16 heavy (non-hydrogen) atoms. The van der Waals surface area contributed by atoms with Gasteiger partial charge in [0.2, 0.25) is 6.08 Å². The maximum Gasteiger partial charge on any atom is 0.286 e. The second-order valence-electron chi connectivity index (χ2n) is 5.81. The molecule has 0 amide bonds. The zero-order chi connectivity index (χ0) is 12.2. The Kier molecular flexibility index (Phi) is 3.72. The standard InChI is InChI=1S/C12H18N2O2/c1-11(2)4-10(14-9-15)5-12(3,6-11)7-16-8-13/h10H,4-7H2,1-3H3. The smallest absolute Gasteiger partial charge is 0.286 e. The molecule has 2 atom stereocenters. The molecule has 0 aromatic rings. The second kappa shape index (κ2) is 4.67. The molecule has 1 saturated carbocycles. The Hall–Kier alpha value is -1.33. The highest BCUT2D eigenvalue weighted by Crippen LogP contribution is 2.47. The number of rotatable bonds is 3. The SMILES string of the molecule is CC1(C)CC(N=C=O)CC(C)(COC#N)C1. The Bertz CT molecular complexity index is 339. The number of hydrogen-bond acceptors (Lipinski definition) is 4. The molecule has 0 saturated heterocycles. The lowest BCUT2D eigenvalue weighted by molar-refractivity contribution is 0.0288. The summed E-state index contributed by atoms with van der Waals surface area (Å²) in [7, 11) is 0. The lowest BCUT2D eigenvalue weighted by atomic mass is 9.63. The van der Waals surface area contributed by atoms with Gasteiger partial charge < -0.3 is 4.74 Å². The number of nitrogens with zero attached hydrogens (tertiary/aromatic N) is 2. The van der Waals surface area contributed by atoms with Crippen LogP contribution in [0.5, 0.6) is 0 Å². The Morgan fingerprint density at radius 2 is 2.12 bits per heavy atom. The van der Waals surface area contributed by atoms with Crippen molar-refractivity contribution >= 4 is 6.08 Å². The minimum atomic E-state index is -0.0809. The van der Waals surface area contributed by atoms with E-state index in [1.165, 1.54) is 0 Å². The average molecular weight is 222 g/mol. The van der Waals surface area contributed by atoms with Crippen LogP contribution >= 0.6 is 0 Å². The first kappa shape index (κ1) is 12.7. The van der Waals surface area contributed by atoms with Gasteiger partial charge in [-0.2, -0.15) is 5.26 Å². The van der Waals surface area contributed by atoms with E-state index < -0.39 is 0 Å². The largest absolute Gasteiger partial charge is 0.427 e. The molecule has 4 heteroatoms. The van der Waals surface area contributed by atoms with Crippen LogP contribution in [0.4, 0.5) is 0 Å². The van der Waals surface area contributed by atoms with E-state index in [1.54, 1.807) is 12.3 Å². The minimum absolute atomic E-state index is 0.00791. The normalized spacial score (nSPS) is 32.2. The van der Waals surface area contributed by atoms with E-state index in [0.717, 1.165) is 19.3 Å². The highest BCUT2D eigenvalue weighted by molar-refractivity contribution is 5.33. The topological polar surface area (TPSA) is 62.4 Å². The number of aliphatic imine (C=N–C) groups is 1. The first-order valence-electron chi connectivity index (χ1n) is 5.49. The summed E-state index contributed by atoms with van der Waals surface area (Å²) in [6, 6.07) is 0.00791. The molecule has 0 heterocycles. The van der Waals surface area contributed by atoms with Crippen LogP contribution in [0.3, 0.4) is 0 Å². The number of hydrogen-bond donors (Lipinski definition) is 0. The Morgan fingerprint density at radius 1 is 1.44 bits per heavy atom. The molecule has 88 valence electrons. The van der Waals surface area contributed by atoms with E-state index in [9.17, 15) is 4.79 Å². The molecular formula is C12H18N2O2. The number of nitriles is 1. The number of isocyanates is 1. The van der Waals surface area contributed by atoms with Crippen LogP contribution in [0.2, 0.25) is 0 Å². The van der Waals surface area contributed by atoms with Crippen LogP contribution in [-0.2, 0) is 9.53 Å². The van der Waals surface area contributed by atoms with Crippen molar-refractivity contribution in [2.75, 3.05) is 6.61 Å². The summed E-state index contributed by atoms with van der Waals surface area (Å²) < 4.78 is 4.86. The van der Waals surface area contributed by atoms with Crippen molar-refractivity contribution in [2.24, 2.45) is 15.8 Å². The van der Waals surface area contributed by atoms with E-state index >= 15 is 0 Å². The van der Waals surface area contributed by atoms with Gasteiger partial charge in [-0.25, -0.2) is 9.79 Å². The Morgan fingerprint density at radius 3 is 2.69 bits per heavy atom. The monoisotopic (exact) mass is 222 g/mol. The van der Waals surface area contributed by atoms with Crippen molar-refractivity contribution in [1.82, 2.24) is 0 Å². The number of carbonyl (C=O) groups excluding carboxylic acids is 1. The highest BCUT2D eigenvalue weighted by Gasteiger charge is 2.41. The fourth-order valence-corrected chi connectivity index (χ4v) is 3.06. The first-order valence-corrected chi connectivity index (χ1v) is 5.49. The van der Waals surface area contributed by atoms with Gasteiger partial charge in [0.05, 0.1) is 6.04 Å². The summed E-state index contributed by atoms with van der Waals surface area (Å²) in [5.41, 5.74) is 0.0410. The van der Waals surface area contributed by atoms with E-state index in [1.807, 2.05) is 0 Å². The predicted molar refractivity (Wildman–Crippen MR) is 59.2 cm³/mol. The molecule has 0 spiro atoms. The molecule has 2 unspecified atom stereocenters. The summed E-state index contributed by atoms with van der Waals surface area (Å²) in [4.78, 5) is 14.2. The first-order chi connectivity index (χ1) is 7.41. The maximum absolute atomic E-state index is 10.3. The van der Waals surface area contributed by atoms with E-state index in [0.29, 0.717) is 6.61 Å². The summed E-state index contributed by atoms with van der Waals surface area (Å²) >= 11 is 0. The molecule has 0 bridgehead atoms. The molecule has 1 rings (SSSR count). The van der Waals surface area contributed by atoms with Gasteiger partial charge in [-0.3, -0.25) is 0 Å². The van der Waals surface area contributed by atoms with Gasteiger partial charge >= 0.3 is 0 Å². The van der Waals surface area contributed by atoms with Crippen molar-refractivity contribution in [3.8, 4) is 6.26 Å². The maximum atomic E-state index is 10.3. The van der Waals surface area contributed by atoms with E-state index in [4.69, 9.17) is 10.00 Å². The van der Waals surface area contributed by atoms with Gasteiger partial charge in [0.25, 0.3) is 6.26 Å². The lowest BCUT2D eigenvalue weighted by Crippen LogP contribution is -2.40. The average Bonchev–Trinajstić information content (AvgIpc) is 2.12. The summed E-state index contributed by atoms with van der Waals surface area (Å²) in [6.45, 7) is 6.80. The van der Waals surface area contributed by atoms with Crippen LogP contribution in [0.15, 0.2) is 4.99 Å². The highest BCUT2D eigenvalue weighted by atomic mass is 16.5. The van der Waals surface area contributed by atoms with Crippen LogP contribution in [-0.4, -0.2) is 18.7 Å². The number of ether oxygens (including phenoxy) is 1. The third-order valence-electron chi connectivity index (χ3n) is 3.14. The molecule has 4 nitrogen and oxygen atoms in total. The van der Waals surface area contributed by atoms with Gasteiger partial charge in [0, 0.05) is 5.41 Å². The Balaban J connectivity index is 2.79. The molecule has 1 fully saturated rings. The molecule has 1 aliphatic carbocycles. The molecule has 0 aliphatic heterocycles. The summed E-state index contributed by atoms with van der Waals surface area (Å²) in [5, 5.41) is 8.45. The fourth-order valence-electron chi connectivity index (χ4n) is 3.06. The lowest BCUT2D eigenvalue weighted by Gasteiger charge is -2.44. The van der Waals surface area contributed by atoms with Gasteiger partial charge in [-0.05, 0) is 24.7 Å². The summed E-state index contributed by atoms with van der Waals surface area (Å²) in [6.07, 6.45) is 6.00. The molecule has 1 aliphatic rings. The molecule has 0 aromatic heterocycles. The zero-order valence-electron chi connectivity index (χ0n) is 10.1. The quantitative estimate of drug-likeness (QED) is 0.418. The van der Waals surface area contributed by atoms with Crippen molar-refractivity contribution < 1.29 is 9.53 Å². The molecule has 0 N–H and O–H groups in total. The third-order valence-corrected chi connectivity index (χ3v) is 3.14. The second-order valence-corrected chi connectivity index (χ2v) is 5.81. The van der Waals surface area contributed by atoms with Gasteiger partial charge in [-0.1, -0.05) is 20.8 Å². The van der Waals surface area contributed by atoms with Crippen molar-refractivity contribution in [2.45, 2.75) is 46.1 Å². The van der Waals surface area contributed by atoms with Crippen molar-refractivity contribution in [3.63, 3.8) is 0 Å². The van der Waals surface area contributed by atoms with Crippen molar-refractivity contribution in [3.05, 3.63) is 0 Å². The third kappa shape index (κ3) is 3.36. The van der Waals surface area contributed by atoms with Crippen LogP contribution in [0.25, 0.3) is 0 Å². The van der Waals surface area contributed by atoms with Gasteiger partial charge in [-0.15, -0.1) is 0 Å². The van der Waals surface area contributed by atoms with Crippen LogP contribution in [0, 0.1) is 22.3 Å². The van der Waals surface area contributed by atoms with Gasteiger partial charge in [0.1, 0.15) is 6.61 Å². The molecular weight excluding hydrogens is 204 g/mol. The van der Waals surface area contributed by atoms with Crippen molar-refractivity contribution in [1.29, 1.82) is 5.26 Å². The molecule has 0 aromatic carbocycles. The fraction of sp³-hybridized carbons (Fsp3) is 0.833. The van der Waals surface area contributed by atoms with E-state index in [-0.39, 0.29) is 16.9 Å². The van der Waals surface area contributed by atoms with Crippen LogP contribution in [0.1, 0.15) is 40.0 Å². The van der Waals surface area contributed by atoms with Crippen LogP contribution < -0.4 is 0 Å². The van der Waals surface area contributed by atoms with E-state index in [2.05, 4.69) is 25.8 Å².